The molecule has 4 nitrogen and oxygen atoms in total. The molecule has 1 rings (SSSR count). The highest BCUT2D eigenvalue weighted by molar-refractivity contribution is 5.73. The van der Waals surface area contributed by atoms with Gasteiger partial charge in [-0.05, 0) is 6.42 Å². The molecule has 0 aliphatic heterocycles. The summed E-state index contributed by atoms with van der Waals surface area (Å²) in [5.41, 5.74) is 5.28. The Balaban J connectivity index is 2.36. The molecule has 0 aromatic heterocycles. The SMILES string of the molecule is N[C@@H]1C[C@H]1[C@@H](O)C(=O)O. The lowest BCUT2D eigenvalue weighted by molar-refractivity contribution is -0.147. The van der Waals surface area contributed by atoms with Crippen LogP contribution < -0.4 is 5.73 Å². The van der Waals surface area contributed by atoms with Gasteiger partial charge in [-0.2, -0.15) is 0 Å². The lowest BCUT2D eigenvalue weighted by Gasteiger charge is -2.00. The van der Waals surface area contributed by atoms with E-state index in [1.165, 1.54) is 0 Å². The number of hydrogen-bond donors (Lipinski definition) is 3. The molecule has 4 heteroatoms. The molecule has 0 saturated heterocycles. The number of hydrogen-bond acceptors (Lipinski definition) is 3. The highest BCUT2D eigenvalue weighted by atomic mass is 16.4. The zero-order valence-corrected chi connectivity index (χ0v) is 4.82. The maximum Gasteiger partial charge on any atom is 0.332 e. The van der Waals surface area contributed by atoms with Gasteiger partial charge >= 0.3 is 5.97 Å². The van der Waals surface area contributed by atoms with E-state index >= 15 is 0 Å². The summed E-state index contributed by atoms with van der Waals surface area (Å²) in [5.74, 6) is -1.38. The van der Waals surface area contributed by atoms with Crippen LogP contribution in [0.2, 0.25) is 0 Å². The predicted octanol–water partition coefficient (Wildman–Crippen LogP) is -1.22. The molecule has 52 valence electrons. The van der Waals surface area contributed by atoms with E-state index in [9.17, 15) is 4.79 Å². The lowest BCUT2D eigenvalue weighted by atomic mass is 10.2. The van der Waals surface area contributed by atoms with E-state index in [1.54, 1.807) is 0 Å². The molecular weight excluding hydrogens is 122 g/mol. The quantitative estimate of drug-likeness (QED) is 0.438. The molecular formula is C5H9NO3. The van der Waals surface area contributed by atoms with Gasteiger partial charge in [0.15, 0.2) is 6.10 Å². The molecule has 3 atom stereocenters. The molecule has 0 amide bonds. The standard InChI is InChI=1S/C5H9NO3/c6-3-1-2(3)4(7)5(8)9/h2-4,7H,1,6H2,(H,8,9)/t2-,3-,4-/m1/s1. The maximum absolute atomic E-state index is 10.0. The molecule has 0 aromatic rings. The molecule has 0 radical (unpaired) electrons. The predicted molar refractivity (Wildman–Crippen MR) is 29.7 cm³/mol. The second-order valence-corrected chi connectivity index (χ2v) is 2.35. The molecule has 0 aromatic carbocycles. The van der Waals surface area contributed by atoms with Gasteiger partial charge in [-0.15, -0.1) is 0 Å². The van der Waals surface area contributed by atoms with Gasteiger partial charge in [-0.3, -0.25) is 0 Å². The van der Waals surface area contributed by atoms with Crippen LogP contribution in [0, 0.1) is 5.92 Å². The summed E-state index contributed by atoms with van der Waals surface area (Å²) in [6.07, 6.45) is -0.618. The minimum absolute atomic E-state index is 0.101. The smallest absolute Gasteiger partial charge is 0.332 e. The molecule has 0 unspecified atom stereocenters. The van der Waals surface area contributed by atoms with Crippen LogP contribution in [0.15, 0.2) is 0 Å². The number of rotatable bonds is 2. The fraction of sp³-hybridized carbons (Fsp3) is 0.800. The van der Waals surface area contributed by atoms with Crippen LogP contribution in [0.5, 0.6) is 0 Å². The topological polar surface area (TPSA) is 83.5 Å². The second kappa shape index (κ2) is 1.97. The van der Waals surface area contributed by atoms with Gasteiger partial charge in [0.25, 0.3) is 0 Å². The number of aliphatic carboxylic acids is 1. The molecule has 1 aliphatic rings. The van der Waals surface area contributed by atoms with Crippen LogP contribution in [0.3, 0.4) is 0 Å². The molecule has 4 N–H and O–H groups in total. The highest BCUT2D eigenvalue weighted by Gasteiger charge is 2.42. The fourth-order valence-electron chi connectivity index (χ4n) is 0.782. The van der Waals surface area contributed by atoms with Crippen molar-refractivity contribution in [1.29, 1.82) is 0 Å². The Kier molecular flexibility index (Phi) is 1.42. The minimum Gasteiger partial charge on any atom is -0.479 e. The Morgan fingerprint density at radius 1 is 1.78 bits per heavy atom. The van der Waals surface area contributed by atoms with E-state index in [4.69, 9.17) is 15.9 Å². The summed E-state index contributed by atoms with van der Waals surface area (Å²) in [6.45, 7) is 0. The van der Waals surface area contributed by atoms with Crippen molar-refractivity contribution in [3.05, 3.63) is 0 Å². The highest BCUT2D eigenvalue weighted by Crippen LogP contribution is 2.31. The monoisotopic (exact) mass is 131 g/mol. The third kappa shape index (κ3) is 1.20. The average Bonchev–Trinajstić information content (AvgIpc) is 2.44. The van der Waals surface area contributed by atoms with Gasteiger partial charge in [0.2, 0.25) is 0 Å². The number of nitrogens with two attached hydrogens (primary N) is 1. The molecule has 1 fully saturated rings. The second-order valence-electron chi connectivity index (χ2n) is 2.35. The first-order valence-electron chi connectivity index (χ1n) is 2.79. The zero-order valence-electron chi connectivity index (χ0n) is 4.82. The Labute approximate surface area is 52.3 Å². The summed E-state index contributed by atoms with van der Waals surface area (Å²) < 4.78 is 0. The van der Waals surface area contributed by atoms with Gasteiger partial charge < -0.3 is 15.9 Å². The zero-order chi connectivity index (χ0) is 7.02. The van der Waals surface area contributed by atoms with Gasteiger partial charge in [0, 0.05) is 12.0 Å². The molecule has 0 bridgehead atoms. The molecule has 1 aliphatic carbocycles. The summed E-state index contributed by atoms with van der Waals surface area (Å²) in [6, 6.07) is -0.101. The Bertz CT molecular complexity index is 136. The van der Waals surface area contributed by atoms with Crippen molar-refractivity contribution in [2.45, 2.75) is 18.6 Å². The van der Waals surface area contributed by atoms with Crippen LogP contribution in [0.1, 0.15) is 6.42 Å². The van der Waals surface area contributed by atoms with E-state index in [2.05, 4.69) is 0 Å². The third-order valence-electron chi connectivity index (χ3n) is 1.55. The molecule has 9 heavy (non-hydrogen) atoms. The van der Waals surface area contributed by atoms with Crippen molar-refractivity contribution in [3.8, 4) is 0 Å². The van der Waals surface area contributed by atoms with E-state index in [1.807, 2.05) is 0 Å². The van der Waals surface area contributed by atoms with Gasteiger partial charge in [0.05, 0.1) is 0 Å². The normalized spacial score (nSPS) is 35.8. The lowest BCUT2D eigenvalue weighted by Crippen LogP contribution is -2.25. The van der Waals surface area contributed by atoms with Gasteiger partial charge in [0.1, 0.15) is 0 Å². The number of carboxylic acid groups (broad SMARTS) is 1. The fourth-order valence-corrected chi connectivity index (χ4v) is 0.782. The number of carbonyl (C=O) groups is 1. The summed E-state index contributed by atoms with van der Waals surface area (Å²) in [5, 5.41) is 17.0. The van der Waals surface area contributed by atoms with E-state index in [-0.39, 0.29) is 12.0 Å². The maximum atomic E-state index is 10.0. The number of aliphatic hydroxyl groups is 1. The van der Waals surface area contributed by atoms with E-state index in [0.29, 0.717) is 6.42 Å². The molecule has 0 heterocycles. The third-order valence-corrected chi connectivity index (χ3v) is 1.55. The van der Waals surface area contributed by atoms with Crippen LogP contribution in [-0.2, 0) is 4.79 Å². The summed E-state index contributed by atoms with van der Waals surface area (Å²) in [7, 11) is 0. The Hall–Kier alpha value is -0.610. The molecule has 0 spiro atoms. The van der Waals surface area contributed by atoms with Crippen molar-refractivity contribution < 1.29 is 15.0 Å². The first-order chi connectivity index (χ1) is 4.13. The van der Waals surface area contributed by atoms with Gasteiger partial charge in [-0.1, -0.05) is 0 Å². The van der Waals surface area contributed by atoms with Crippen LogP contribution in [0.25, 0.3) is 0 Å². The van der Waals surface area contributed by atoms with Crippen LogP contribution >= 0.6 is 0 Å². The summed E-state index contributed by atoms with van der Waals surface area (Å²) in [4.78, 5) is 10.0. The first kappa shape index (κ1) is 6.51. The van der Waals surface area contributed by atoms with Crippen molar-refractivity contribution in [3.63, 3.8) is 0 Å². The Morgan fingerprint density at radius 2 is 2.22 bits per heavy atom. The summed E-state index contributed by atoms with van der Waals surface area (Å²) >= 11 is 0. The average molecular weight is 131 g/mol. The molecule has 1 saturated carbocycles. The van der Waals surface area contributed by atoms with Crippen molar-refractivity contribution >= 4 is 5.97 Å². The van der Waals surface area contributed by atoms with E-state index < -0.39 is 12.1 Å². The van der Waals surface area contributed by atoms with Gasteiger partial charge in [-0.25, -0.2) is 4.79 Å². The Morgan fingerprint density at radius 3 is 2.33 bits per heavy atom. The number of aliphatic hydroxyl groups excluding tert-OH is 1. The minimum atomic E-state index is -1.25. The van der Waals surface area contributed by atoms with Crippen LogP contribution in [-0.4, -0.2) is 28.3 Å². The van der Waals surface area contributed by atoms with Crippen molar-refractivity contribution in [1.82, 2.24) is 0 Å². The largest absolute Gasteiger partial charge is 0.479 e. The van der Waals surface area contributed by atoms with Crippen molar-refractivity contribution in [2.24, 2.45) is 11.7 Å². The first-order valence-corrected chi connectivity index (χ1v) is 2.79. The van der Waals surface area contributed by atoms with Crippen LogP contribution in [0.4, 0.5) is 0 Å². The number of carboxylic acids is 1. The van der Waals surface area contributed by atoms with Crippen molar-refractivity contribution in [2.75, 3.05) is 0 Å². The van der Waals surface area contributed by atoms with E-state index in [0.717, 1.165) is 0 Å².